The Hall–Kier alpha value is -3.27. The maximum atomic E-state index is 14.0. The minimum absolute atomic E-state index is 0.0134. The van der Waals surface area contributed by atoms with Crippen LogP contribution in [0.15, 0.2) is 72.8 Å². The van der Waals surface area contributed by atoms with E-state index in [1.165, 1.54) is 16.3 Å². The molecule has 0 bridgehead atoms. The van der Waals surface area contributed by atoms with Crippen LogP contribution in [-0.2, 0) is 32.6 Å². The highest BCUT2D eigenvalue weighted by molar-refractivity contribution is 7.92. The van der Waals surface area contributed by atoms with Gasteiger partial charge in [-0.25, -0.2) is 8.42 Å². The number of halogens is 2. The molecule has 0 aromatic heterocycles. The molecular formula is C32H39Cl2N3O5S. The van der Waals surface area contributed by atoms with Crippen molar-refractivity contribution < 1.29 is 22.7 Å². The van der Waals surface area contributed by atoms with Gasteiger partial charge in [0, 0.05) is 41.5 Å². The molecule has 0 unspecified atom stereocenters. The number of nitrogens with zero attached hydrogens (tertiary/aromatic N) is 2. The highest BCUT2D eigenvalue weighted by Gasteiger charge is 2.33. The lowest BCUT2D eigenvalue weighted by molar-refractivity contribution is -0.142. The van der Waals surface area contributed by atoms with Gasteiger partial charge >= 0.3 is 0 Å². The molecule has 0 heterocycles. The first-order chi connectivity index (χ1) is 20.2. The Bertz CT molecular complexity index is 1510. The van der Waals surface area contributed by atoms with Crippen LogP contribution in [0, 0.1) is 0 Å². The minimum atomic E-state index is -3.68. The summed E-state index contributed by atoms with van der Waals surface area (Å²) in [6.45, 7) is 5.74. The predicted molar refractivity (Wildman–Crippen MR) is 173 cm³/mol. The first-order valence-corrected chi connectivity index (χ1v) is 16.5. The van der Waals surface area contributed by atoms with Crippen LogP contribution in [0.3, 0.4) is 0 Å². The van der Waals surface area contributed by atoms with Gasteiger partial charge in [0.15, 0.2) is 0 Å². The molecule has 1 atom stereocenters. The first kappa shape index (κ1) is 34.2. The fourth-order valence-corrected chi connectivity index (χ4v) is 6.10. The number of anilines is 1. The van der Waals surface area contributed by atoms with Crippen molar-refractivity contribution in [2.75, 3.05) is 24.2 Å². The lowest BCUT2D eigenvalue weighted by Gasteiger charge is -2.34. The number of nitrogens with one attached hydrogen (secondary N) is 1. The van der Waals surface area contributed by atoms with Crippen molar-refractivity contribution in [3.8, 4) is 5.75 Å². The van der Waals surface area contributed by atoms with Crippen molar-refractivity contribution in [3.05, 3.63) is 94.0 Å². The third-order valence-electron chi connectivity index (χ3n) is 6.63. The van der Waals surface area contributed by atoms with E-state index in [1.807, 2.05) is 51.1 Å². The Morgan fingerprint density at radius 1 is 0.977 bits per heavy atom. The molecule has 3 aromatic carbocycles. The molecule has 3 aromatic rings. The summed E-state index contributed by atoms with van der Waals surface area (Å²) < 4.78 is 32.1. The second-order valence-corrected chi connectivity index (χ2v) is 14.1. The second-order valence-electron chi connectivity index (χ2n) is 11.3. The lowest BCUT2D eigenvalue weighted by atomic mass is 10.00. The summed E-state index contributed by atoms with van der Waals surface area (Å²) in [7, 11) is -2.21. The number of para-hydroxylation sites is 2. The average molecular weight is 649 g/mol. The summed E-state index contributed by atoms with van der Waals surface area (Å²) in [5.74, 6) is -0.217. The number of rotatable bonds is 13. The van der Waals surface area contributed by atoms with E-state index >= 15 is 0 Å². The van der Waals surface area contributed by atoms with Crippen LogP contribution >= 0.6 is 23.2 Å². The molecule has 0 spiro atoms. The van der Waals surface area contributed by atoms with Crippen LogP contribution in [0.5, 0.6) is 5.75 Å². The molecule has 3 rings (SSSR count). The Balaban J connectivity index is 1.95. The van der Waals surface area contributed by atoms with E-state index in [0.29, 0.717) is 27.0 Å². The van der Waals surface area contributed by atoms with E-state index in [1.54, 1.807) is 42.5 Å². The van der Waals surface area contributed by atoms with Crippen molar-refractivity contribution >= 4 is 50.7 Å². The molecule has 8 nitrogen and oxygen atoms in total. The molecule has 0 radical (unpaired) electrons. The van der Waals surface area contributed by atoms with Crippen molar-refractivity contribution in [1.29, 1.82) is 0 Å². The van der Waals surface area contributed by atoms with Gasteiger partial charge in [-0.2, -0.15) is 0 Å². The topological polar surface area (TPSA) is 96.0 Å². The van der Waals surface area contributed by atoms with Gasteiger partial charge in [0.05, 0.1) is 19.1 Å². The normalized spacial score (nSPS) is 12.3. The Kier molecular flexibility index (Phi) is 11.9. The molecular weight excluding hydrogens is 609 g/mol. The van der Waals surface area contributed by atoms with E-state index in [2.05, 4.69) is 5.32 Å². The molecule has 1 N–H and O–H groups in total. The van der Waals surface area contributed by atoms with Crippen molar-refractivity contribution in [1.82, 2.24) is 10.2 Å². The number of amides is 2. The fraction of sp³-hybridized carbons (Fsp3) is 0.375. The van der Waals surface area contributed by atoms with Crippen molar-refractivity contribution in [2.24, 2.45) is 0 Å². The van der Waals surface area contributed by atoms with Crippen LogP contribution in [-0.4, -0.2) is 56.6 Å². The Morgan fingerprint density at radius 2 is 1.63 bits per heavy atom. The zero-order valence-electron chi connectivity index (χ0n) is 25.1. The Morgan fingerprint density at radius 3 is 2.23 bits per heavy atom. The molecule has 232 valence electrons. The molecule has 11 heteroatoms. The van der Waals surface area contributed by atoms with Crippen LogP contribution in [0.2, 0.25) is 10.0 Å². The largest absolute Gasteiger partial charge is 0.495 e. The van der Waals surface area contributed by atoms with Gasteiger partial charge in [0.2, 0.25) is 21.8 Å². The third-order valence-corrected chi connectivity index (χ3v) is 8.40. The van der Waals surface area contributed by atoms with Gasteiger partial charge in [0.1, 0.15) is 11.8 Å². The number of ether oxygens (including phenoxy) is 1. The second kappa shape index (κ2) is 14.9. The van der Waals surface area contributed by atoms with E-state index in [9.17, 15) is 18.0 Å². The fourth-order valence-electron chi connectivity index (χ4n) is 4.66. The molecule has 0 aliphatic rings. The molecule has 0 aliphatic heterocycles. The molecule has 0 aliphatic carbocycles. The number of benzene rings is 3. The van der Waals surface area contributed by atoms with Crippen molar-refractivity contribution in [3.63, 3.8) is 0 Å². The minimum Gasteiger partial charge on any atom is -0.495 e. The maximum absolute atomic E-state index is 14.0. The van der Waals surface area contributed by atoms with Gasteiger partial charge in [-0.15, -0.1) is 0 Å². The molecule has 0 fully saturated rings. The van der Waals surface area contributed by atoms with Gasteiger partial charge in [0.25, 0.3) is 0 Å². The summed E-state index contributed by atoms with van der Waals surface area (Å²) in [5.41, 5.74) is 1.36. The van der Waals surface area contributed by atoms with Gasteiger partial charge in [-0.1, -0.05) is 71.7 Å². The van der Waals surface area contributed by atoms with E-state index < -0.39 is 21.6 Å². The highest BCUT2D eigenvalue weighted by Crippen LogP contribution is 2.30. The number of hydrogen-bond acceptors (Lipinski definition) is 5. The smallest absolute Gasteiger partial charge is 0.243 e. The monoisotopic (exact) mass is 647 g/mol. The number of sulfonamides is 1. The average Bonchev–Trinajstić information content (AvgIpc) is 2.93. The summed E-state index contributed by atoms with van der Waals surface area (Å²) in [6.07, 6.45) is 1.58. The third kappa shape index (κ3) is 10.2. The standard InChI is InChI=1S/C32H39Cl2N3O5S/c1-32(2,3)35-31(39)28(20-23-12-7-6-8-13-23)36(22-24-17-18-25(33)21-26(24)34)30(38)16-11-19-37(43(5,40)41)27-14-9-10-15-29(27)42-4/h6-10,12-15,17-18,21,28H,11,16,19-20,22H2,1-5H3,(H,35,39)/t28-/m1/s1. The highest BCUT2D eigenvalue weighted by atomic mass is 35.5. The van der Waals surface area contributed by atoms with Gasteiger partial charge in [-0.3, -0.25) is 13.9 Å². The summed E-state index contributed by atoms with van der Waals surface area (Å²) >= 11 is 12.6. The van der Waals surface area contributed by atoms with E-state index in [0.717, 1.165) is 11.8 Å². The Labute approximate surface area is 265 Å². The number of carbonyl (C=O) groups excluding carboxylic acids is 2. The molecule has 2 amide bonds. The zero-order valence-corrected chi connectivity index (χ0v) is 27.5. The lowest BCUT2D eigenvalue weighted by Crippen LogP contribution is -2.54. The van der Waals surface area contributed by atoms with Crippen molar-refractivity contribution in [2.45, 2.75) is 58.2 Å². The number of methoxy groups -OCH3 is 1. The summed E-state index contributed by atoms with van der Waals surface area (Å²) in [4.78, 5) is 29.3. The van der Waals surface area contributed by atoms with Crippen LogP contribution in [0.25, 0.3) is 0 Å². The quantitative estimate of drug-likeness (QED) is 0.242. The molecule has 0 saturated carbocycles. The van der Waals surface area contributed by atoms with Crippen LogP contribution < -0.4 is 14.4 Å². The van der Waals surface area contributed by atoms with Crippen LogP contribution in [0.1, 0.15) is 44.7 Å². The predicted octanol–water partition coefficient (Wildman–Crippen LogP) is 6.10. The van der Waals surface area contributed by atoms with Gasteiger partial charge in [-0.05, 0) is 62.6 Å². The molecule has 0 saturated heterocycles. The van der Waals surface area contributed by atoms with Gasteiger partial charge < -0.3 is 15.0 Å². The van der Waals surface area contributed by atoms with E-state index in [4.69, 9.17) is 27.9 Å². The van der Waals surface area contributed by atoms with E-state index in [-0.39, 0.29) is 44.2 Å². The zero-order chi connectivity index (χ0) is 31.8. The number of carbonyl (C=O) groups is 2. The molecule has 43 heavy (non-hydrogen) atoms. The number of hydrogen-bond donors (Lipinski definition) is 1. The van der Waals surface area contributed by atoms with Crippen LogP contribution in [0.4, 0.5) is 5.69 Å². The summed E-state index contributed by atoms with van der Waals surface area (Å²) in [6, 6.07) is 20.4. The first-order valence-electron chi connectivity index (χ1n) is 13.9. The summed E-state index contributed by atoms with van der Waals surface area (Å²) in [5, 5.41) is 3.85. The SMILES string of the molecule is COc1ccccc1N(CCCC(=O)N(Cc1ccc(Cl)cc1Cl)[C@H](Cc1ccccc1)C(=O)NC(C)(C)C)S(C)(=O)=O. The maximum Gasteiger partial charge on any atom is 0.243 e.